The molecule has 0 aromatic carbocycles. The predicted molar refractivity (Wildman–Crippen MR) is 69.2 cm³/mol. The van der Waals surface area contributed by atoms with Gasteiger partial charge in [0.15, 0.2) is 0 Å². The fraction of sp³-hybridized carbons (Fsp3) is 0.733. The standard InChI is InChI=1S/C15H23NO/c1-11-10-13-14(8-5-9-15(13)17)16(11)12-6-3-2-4-7-12/h10,12,15,17H,2-9H2,1H3. The number of nitrogens with zero attached hydrogens (tertiary/aromatic N) is 1. The van der Waals surface area contributed by atoms with E-state index < -0.39 is 0 Å². The molecule has 1 unspecified atom stereocenters. The lowest BCUT2D eigenvalue weighted by molar-refractivity contribution is 0.155. The number of fused-ring (bicyclic) bond motifs is 1. The number of rotatable bonds is 1. The largest absolute Gasteiger partial charge is 0.388 e. The highest BCUT2D eigenvalue weighted by Crippen LogP contribution is 2.37. The number of aliphatic hydroxyl groups excluding tert-OH is 1. The van der Waals surface area contributed by atoms with Crippen LogP contribution in [0, 0.1) is 6.92 Å². The van der Waals surface area contributed by atoms with Gasteiger partial charge in [-0.15, -0.1) is 0 Å². The molecule has 0 spiro atoms. The first-order valence-corrected chi connectivity index (χ1v) is 7.16. The third-order valence-electron chi connectivity index (χ3n) is 4.56. The van der Waals surface area contributed by atoms with Gasteiger partial charge in [0.2, 0.25) is 0 Å². The van der Waals surface area contributed by atoms with Gasteiger partial charge in [0.25, 0.3) is 0 Å². The lowest BCUT2D eigenvalue weighted by Gasteiger charge is -2.29. The van der Waals surface area contributed by atoms with Crippen molar-refractivity contribution in [3.63, 3.8) is 0 Å². The topological polar surface area (TPSA) is 25.2 Å². The maximum absolute atomic E-state index is 10.1. The van der Waals surface area contributed by atoms with Crippen LogP contribution in [0.1, 0.15) is 74.0 Å². The second-order valence-electron chi connectivity index (χ2n) is 5.76. The first-order chi connectivity index (χ1) is 8.27. The molecule has 0 aliphatic heterocycles. The summed E-state index contributed by atoms with van der Waals surface area (Å²) in [4.78, 5) is 0. The summed E-state index contributed by atoms with van der Waals surface area (Å²) >= 11 is 0. The number of aliphatic hydroxyl groups is 1. The summed E-state index contributed by atoms with van der Waals surface area (Å²) in [5.74, 6) is 0. The fourth-order valence-electron chi connectivity index (χ4n) is 3.75. The normalized spacial score (nSPS) is 25.9. The van der Waals surface area contributed by atoms with Crippen molar-refractivity contribution in [3.8, 4) is 0 Å². The van der Waals surface area contributed by atoms with Gasteiger partial charge in [-0.1, -0.05) is 19.3 Å². The van der Waals surface area contributed by atoms with Crippen molar-refractivity contribution in [1.82, 2.24) is 4.57 Å². The molecule has 1 saturated carbocycles. The number of aryl methyl sites for hydroxylation is 1. The van der Waals surface area contributed by atoms with Crippen LogP contribution in [0.4, 0.5) is 0 Å². The summed E-state index contributed by atoms with van der Waals surface area (Å²) in [6.07, 6.45) is 9.86. The summed E-state index contributed by atoms with van der Waals surface area (Å²) in [7, 11) is 0. The molecule has 1 aromatic rings. The van der Waals surface area contributed by atoms with Gasteiger partial charge in [-0.2, -0.15) is 0 Å². The van der Waals surface area contributed by atoms with Crippen molar-refractivity contribution in [2.45, 2.75) is 70.4 Å². The lowest BCUT2D eigenvalue weighted by Crippen LogP contribution is -2.19. The summed E-state index contributed by atoms with van der Waals surface area (Å²) in [5, 5.41) is 10.1. The van der Waals surface area contributed by atoms with Gasteiger partial charge < -0.3 is 9.67 Å². The minimum atomic E-state index is -0.206. The first-order valence-electron chi connectivity index (χ1n) is 7.16. The Kier molecular flexibility index (Phi) is 2.99. The monoisotopic (exact) mass is 233 g/mol. The van der Waals surface area contributed by atoms with Crippen LogP contribution < -0.4 is 0 Å². The molecule has 2 heteroatoms. The molecule has 2 nitrogen and oxygen atoms in total. The van der Waals surface area contributed by atoms with Crippen molar-refractivity contribution in [1.29, 1.82) is 0 Å². The highest BCUT2D eigenvalue weighted by atomic mass is 16.3. The average Bonchev–Trinajstić information content (AvgIpc) is 2.68. The minimum Gasteiger partial charge on any atom is -0.388 e. The summed E-state index contributed by atoms with van der Waals surface area (Å²) < 4.78 is 2.55. The fourth-order valence-corrected chi connectivity index (χ4v) is 3.75. The zero-order valence-corrected chi connectivity index (χ0v) is 10.8. The summed E-state index contributed by atoms with van der Waals surface area (Å²) in [6, 6.07) is 2.94. The number of aromatic nitrogens is 1. The molecular formula is C15H23NO. The molecular weight excluding hydrogens is 210 g/mol. The highest BCUT2D eigenvalue weighted by molar-refractivity contribution is 5.32. The van der Waals surface area contributed by atoms with Crippen molar-refractivity contribution in [2.24, 2.45) is 0 Å². The van der Waals surface area contributed by atoms with Crippen LogP contribution in [0.15, 0.2) is 6.07 Å². The van der Waals surface area contributed by atoms with Crippen LogP contribution in [0.3, 0.4) is 0 Å². The molecule has 2 aliphatic carbocycles. The van der Waals surface area contributed by atoms with E-state index in [4.69, 9.17) is 0 Å². The maximum atomic E-state index is 10.1. The Labute approximate surface area is 104 Å². The quantitative estimate of drug-likeness (QED) is 0.786. The molecule has 1 fully saturated rings. The van der Waals surface area contributed by atoms with Crippen molar-refractivity contribution >= 4 is 0 Å². The molecule has 0 amide bonds. The molecule has 3 rings (SSSR count). The Morgan fingerprint density at radius 2 is 1.88 bits per heavy atom. The molecule has 0 bridgehead atoms. The molecule has 1 N–H and O–H groups in total. The maximum Gasteiger partial charge on any atom is 0.0807 e. The van der Waals surface area contributed by atoms with Gasteiger partial charge >= 0.3 is 0 Å². The van der Waals surface area contributed by atoms with E-state index in [1.165, 1.54) is 49.1 Å². The smallest absolute Gasteiger partial charge is 0.0807 e. The van der Waals surface area contributed by atoms with Gasteiger partial charge in [0.1, 0.15) is 0 Å². The molecule has 1 atom stereocenters. The van der Waals surface area contributed by atoms with Crippen LogP contribution in [0.5, 0.6) is 0 Å². The van der Waals surface area contributed by atoms with Gasteiger partial charge in [-0.3, -0.25) is 0 Å². The van der Waals surface area contributed by atoms with E-state index in [9.17, 15) is 5.11 Å². The van der Waals surface area contributed by atoms with Crippen molar-refractivity contribution in [2.75, 3.05) is 0 Å². The van der Waals surface area contributed by atoms with Gasteiger partial charge in [0.05, 0.1) is 6.10 Å². The molecule has 1 aromatic heterocycles. The van der Waals surface area contributed by atoms with E-state index >= 15 is 0 Å². The Hall–Kier alpha value is -0.760. The van der Waals surface area contributed by atoms with Crippen LogP contribution >= 0.6 is 0 Å². The molecule has 94 valence electrons. The Morgan fingerprint density at radius 3 is 2.65 bits per heavy atom. The molecule has 2 aliphatic rings. The van der Waals surface area contributed by atoms with E-state index in [1.54, 1.807) is 0 Å². The third-order valence-corrected chi connectivity index (χ3v) is 4.56. The second-order valence-corrected chi connectivity index (χ2v) is 5.76. The molecule has 0 saturated heterocycles. The van der Waals surface area contributed by atoms with E-state index in [2.05, 4.69) is 17.6 Å². The second kappa shape index (κ2) is 4.49. The first kappa shape index (κ1) is 11.3. The zero-order valence-electron chi connectivity index (χ0n) is 10.8. The number of hydrogen-bond acceptors (Lipinski definition) is 1. The summed E-state index contributed by atoms with van der Waals surface area (Å²) in [6.45, 7) is 2.21. The van der Waals surface area contributed by atoms with Crippen molar-refractivity contribution < 1.29 is 5.11 Å². The van der Waals surface area contributed by atoms with E-state index in [0.717, 1.165) is 19.3 Å². The average molecular weight is 233 g/mol. The summed E-state index contributed by atoms with van der Waals surface area (Å²) in [5.41, 5.74) is 4.02. The minimum absolute atomic E-state index is 0.206. The molecule has 1 heterocycles. The van der Waals surface area contributed by atoms with Gasteiger partial charge in [-0.25, -0.2) is 0 Å². The Bertz CT molecular complexity index is 401. The Balaban J connectivity index is 1.98. The van der Waals surface area contributed by atoms with E-state index in [-0.39, 0.29) is 6.10 Å². The van der Waals surface area contributed by atoms with E-state index in [0.29, 0.717) is 6.04 Å². The van der Waals surface area contributed by atoms with Crippen LogP contribution in [0.25, 0.3) is 0 Å². The number of hydrogen-bond donors (Lipinski definition) is 1. The molecule has 0 radical (unpaired) electrons. The predicted octanol–water partition coefficient (Wildman–Crippen LogP) is 3.67. The van der Waals surface area contributed by atoms with Crippen LogP contribution in [-0.2, 0) is 6.42 Å². The highest BCUT2D eigenvalue weighted by Gasteiger charge is 2.26. The van der Waals surface area contributed by atoms with Crippen LogP contribution in [-0.4, -0.2) is 9.67 Å². The van der Waals surface area contributed by atoms with Gasteiger partial charge in [-0.05, 0) is 45.1 Å². The van der Waals surface area contributed by atoms with Crippen LogP contribution in [0.2, 0.25) is 0 Å². The van der Waals surface area contributed by atoms with Gasteiger partial charge in [0, 0.05) is 23.0 Å². The third kappa shape index (κ3) is 1.93. The SMILES string of the molecule is Cc1cc2c(n1C1CCCCC1)CCCC2O. The molecule has 17 heavy (non-hydrogen) atoms. The lowest BCUT2D eigenvalue weighted by atomic mass is 9.92. The van der Waals surface area contributed by atoms with E-state index in [1.807, 2.05) is 0 Å². The Morgan fingerprint density at radius 1 is 1.12 bits per heavy atom. The van der Waals surface area contributed by atoms with Crippen molar-refractivity contribution in [3.05, 3.63) is 23.0 Å². The zero-order chi connectivity index (χ0) is 11.8.